The Balaban J connectivity index is 1.53. The van der Waals surface area contributed by atoms with Crippen molar-refractivity contribution in [2.75, 3.05) is 38.1 Å². The zero-order chi connectivity index (χ0) is 18.9. The summed E-state index contributed by atoms with van der Waals surface area (Å²) in [5.74, 6) is 1.84. The van der Waals surface area contributed by atoms with E-state index < -0.39 is 0 Å². The van der Waals surface area contributed by atoms with Gasteiger partial charge in [-0.15, -0.1) is 0 Å². The molecule has 142 valence electrons. The van der Waals surface area contributed by atoms with Gasteiger partial charge in [0.2, 0.25) is 5.95 Å². The number of H-pyrrole nitrogens is 1. The number of hydrogen-bond acceptors (Lipinski definition) is 4. The van der Waals surface area contributed by atoms with E-state index in [4.69, 9.17) is 9.72 Å². The maximum atomic E-state index is 6.21. The van der Waals surface area contributed by atoms with Crippen LogP contribution < -0.4 is 9.64 Å². The molecule has 0 saturated carbocycles. The summed E-state index contributed by atoms with van der Waals surface area (Å²) in [4.78, 5) is 13.2. The molecule has 28 heavy (non-hydrogen) atoms. The Morgan fingerprint density at radius 3 is 2.43 bits per heavy atom. The number of piperazine rings is 1. The van der Waals surface area contributed by atoms with Crippen molar-refractivity contribution < 1.29 is 4.74 Å². The molecule has 0 atom stereocenters. The number of aromatic nitrogens is 2. The number of imidazole rings is 1. The lowest BCUT2D eigenvalue weighted by Crippen LogP contribution is -2.44. The number of hydrogen-bond donors (Lipinski definition) is 1. The number of anilines is 1. The number of nitrogens with zero attached hydrogens (tertiary/aromatic N) is 3. The van der Waals surface area contributed by atoms with Gasteiger partial charge >= 0.3 is 0 Å². The first-order valence-electron chi connectivity index (χ1n) is 9.79. The van der Waals surface area contributed by atoms with Crippen molar-refractivity contribution in [2.45, 2.75) is 6.61 Å². The maximum Gasteiger partial charge on any atom is 0.203 e. The van der Waals surface area contributed by atoms with Crippen LogP contribution in [-0.4, -0.2) is 48.1 Å². The highest BCUT2D eigenvalue weighted by Crippen LogP contribution is 2.34. The highest BCUT2D eigenvalue weighted by molar-refractivity contribution is 6.07. The number of nitrogens with one attached hydrogen (secondary N) is 1. The van der Waals surface area contributed by atoms with Gasteiger partial charge in [-0.05, 0) is 12.6 Å². The molecule has 1 N–H and O–H groups in total. The molecule has 0 radical (unpaired) electrons. The van der Waals surface area contributed by atoms with Gasteiger partial charge in [-0.25, -0.2) is 4.98 Å². The van der Waals surface area contributed by atoms with E-state index in [0.29, 0.717) is 6.61 Å². The standard InChI is InChI=1S/C23H24N4O/c1-26-11-13-27(14-12-26)23-24-20-15-21(28-16-17-7-3-2-4-8-17)18-9-5-6-10-19(18)22(20)25-23/h2-10,15H,11-14,16H2,1H3,(H,24,25). The van der Waals surface area contributed by atoms with Crippen LogP contribution in [0.25, 0.3) is 21.8 Å². The molecule has 1 aromatic heterocycles. The summed E-state index contributed by atoms with van der Waals surface area (Å²) in [6.45, 7) is 4.65. The van der Waals surface area contributed by atoms with E-state index >= 15 is 0 Å². The molecule has 0 spiro atoms. The molecule has 0 amide bonds. The predicted molar refractivity (Wildman–Crippen MR) is 114 cm³/mol. The smallest absolute Gasteiger partial charge is 0.203 e. The molecule has 0 bridgehead atoms. The van der Waals surface area contributed by atoms with Crippen LogP contribution in [0.15, 0.2) is 60.7 Å². The van der Waals surface area contributed by atoms with Gasteiger partial charge in [-0.3, -0.25) is 0 Å². The van der Waals surface area contributed by atoms with Crippen molar-refractivity contribution >= 4 is 27.8 Å². The highest BCUT2D eigenvalue weighted by atomic mass is 16.5. The average molecular weight is 372 g/mol. The lowest BCUT2D eigenvalue weighted by Gasteiger charge is -2.32. The molecule has 0 unspecified atom stereocenters. The second kappa shape index (κ2) is 7.17. The van der Waals surface area contributed by atoms with E-state index in [9.17, 15) is 0 Å². The summed E-state index contributed by atoms with van der Waals surface area (Å²) in [7, 11) is 2.17. The maximum absolute atomic E-state index is 6.21. The fourth-order valence-corrected chi connectivity index (χ4v) is 3.82. The monoisotopic (exact) mass is 372 g/mol. The zero-order valence-electron chi connectivity index (χ0n) is 16.1. The van der Waals surface area contributed by atoms with Gasteiger partial charge in [0.25, 0.3) is 0 Å². The lowest BCUT2D eigenvalue weighted by atomic mass is 10.1. The first-order chi connectivity index (χ1) is 13.8. The van der Waals surface area contributed by atoms with Crippen LogP contribution in [-0.2, 0) is 6.61 Å². The zero-order valence-corrected chi connectivity index (χ0v) is 16.1. The minimum Gasteiger partial charge on any atom is -0.488 e. The Hall–Kier alpha value is -3.05. The van der Waals surface area contributed by atoms with E-state index in [1.54, 1.807) is 0 Å². The van der Waals surface area contributed by atoms with Crippen LogP contribution in [0.5, 0.6) is 5.75 Å². The fourth-order valence-electron chi connectivity index (χ4n) is 3.82. The lowest BCUT2D eigenvalue weighted by molar-refractivity contribution is 0.310. The third-order valence-electron chi connectivity index (χ3n) is 5.48. The van der Waals surface area contributed by atoms with Gasteiger partial charge in [0.15, 0.2) is 0 Å². The van der Waals surface area contributed by atoms with Gasteiger partial charge in [-0.2, -0.15) is 0 Å². The molecule has 3 aromatic carbocycles. The highest BCUT2D eigenvalue weighted by Gasteiger charge is 2.19. The third-order valence-corrected chi connectivity index (χ3v) is 5.48. The van der Waals surface area contributed by atoms with Gasteiger partial charge < -0.3 is 19.5 Å². The minimum atomic E-state index is 0.551. The van der Waals surface area contributed by atoms with Crippen LogP contribution in [0, 0.1) is 0 Å². The Bertz CT molecular complexity index is 1100. The summed E-state index contributed by atoms with van der Waals surface area (Å²) in [6, 6.07) is 20.7. The topological polar surface area (TPSA) is 44.4 Å². The number of benzene rings is 3. The van der Waals surface area contributed by atoms with Gasteiger partial charge in [0.1, 0.15) is 12.4 Å². The molecule has 1 aliphatic rings. The largest absolute Gasteiger partial charge is 0.488 e. The summed E-state index contributed by atoms with van der Waals surface area (Å²) in [6.07, 6.45) is 0. The third kappa shape index (κ3) is 3.18. The minimum absolute atomic E-state index is 0.551. The van der Waals surface area contributed by atoms with E-state index in [-0.39, 0.29) is 0 Å². The van der Waals surface area contributed by atoms with E-state index in [2.05, 4.69) is 64.3 Å². The molecule has 0 aliphatic carbocycles. The van der Waals surface area contributed by atoms with Crippen molar-refractivity contribution in [3.05, 3.63) is 66.2 Å². The molecule has 2 heterocycles. The first-order valence-corrected chi connectivity index (χ1v) is 9.79. The fraction of sp³-hybridized carbons (Fsp3) is 0.261. The van der Waals surface area contributed by atoms with Crippen molar-refractivity contribution in [3.8, 4) is 5.75 Å². The Morgan fingerprint density at radius 1 is 0.929 bits per heavy atom. The van der Waals surface area contributed by atoms with Crippen LogP contribution in [0.1, 0.15) is 5.56 Å². The molecular weight excluding hydrogens is 348 g/mol. The van der Waals surface area contributed by atoms with Crippen LogP contribution in [0.2, 0.25) is 0 Å². The molecule has 1 fully saturated rings. The molecule has 5 heteroatoms. The number of ether oxygens (including phenoxy) is 1. The first kappa shape index (κ1) is 17.1. The van der Waals surface area contributed by atoms with Crippen LogP contribution >= 0.6 is 0 Å². The van der Waals surface area contributed by atoms with Crippen molar-refractivity contribution in [1.29, 1.82) is 0 Å². The van der Waals surface area contributed by atoms with Gasteiger partial charge in [0, 0.05) is 43.0 Å². The molecule has 5 rings (SSSR count). The van der Waals surface area contributed by atoms with Crippen molar-refractivity contribution in [1.82, 2.24) is 14.9 Å². The van der Waals surface area contributed by atoms with E-state index in [0.717, 1.165) is 65.2 Å². The summed E-state index contributed by atoms with van der Waals surface area (Å²) >= 11 is 0. The Labute approximate surface area is 164 Å². The van der Waals surface area contributed by atoms with Crippen molar-refractivity contribution in [2.24, 2.45) is 0 Å². The molecule has 5 nitrogen and oxygen atoms in total. The molecular formula is C23H24N4O. The Kier molecular flexibility index (Phi) is 4.37. The average Bonchev–Trinajstić information content (AvgIpc) is 3.17. The van der Waals surface area contributed by atoms with Crippen molar-refractivity contribution in [3.63, 3.8) is 0 Å². The number of rotatable bonds is 4. The number of likely N-dealkylation sites (N-methyl/N-ethyl adjacent to an activating group) is 1. The quantitative estimate of drug-likeness (QED) is 0.587. The summed E-state index contributed by atoms with van der Waals surface area (Å²) in [5.41, 5.74) is 3.20. The predicted octanol–water partition coefficient (Wildman–Crippen LogP) is 4.05. The Morgan fingerprint density at radius 2 is 1.64 bits per heavy atom. The van der Waals surface area contributed by atoms with Gasteiger partial charge in [0.05, 0.1) is 11.0 Å². The van der Waals surface area contributed by atoms with Crippen LogP contribution in [0.4, 0.5) is 5.95 Å². The normalized spacial score (nSPS) is 15.4. The van der Waals surface area contributed by atoms with E-state index in [1.165, 1.54) is 0 Å². The molecule has 1 saturated heterocycles. The molecule has 4 aromatic rings. The second-order valence-corrected chi connectivity index (χ2v) is 7.44. The number of aromatic amines is 1. The summed E-state index contributed by atoms with van der Waals surface area (Å²) in [5, 5.41) is 2.22. The second-order valence-electron chi connectivity index (χ2n) is 7.44. The molecule has 1 aliphatic heterocycles. The SMILES string of the molecule is CN1CCN(c2nc3c(cc(OCc4ccccc4)c4ccccc43)[nH]2)CC1. The van der Waals surface area contributed by atoms with E-state index in [1.807, 2.05) is 18.2 Å². The summed E-state index contributed by atoms with van der Waals surface area (Å²) < 4.78 is 6.21. The van der Waals surface area contributed by atoms with Gasteiger partial charge in [-0.1, -0.05) is 54.6 Å². The number of fused-ring (bicyclic) bond motifs is 3. The van der Waals surface area contributed by atoms with Crippen LogP contribution in [0.3, 0.4) is 0 Å².